The maximum absolute atomic E-state index is 12.4. The topological polar surface area (TPSA) is 77.5 Å². The van der Waals surface area contributed by atoms with Crippen LogP contribution in [0.15, 0.2) is 121 Å². The third-order valence-corrected chi connectivity index (χ3v) is 10.1. The lowest BCUT2D eigenvalue weighted by Gasteiger charge is -2.49. The number of para-hydroxylation sites is 1. The van der Waals surface area contributed by atoms with Gasteiger partial charge in [0.2, 0.25) is 0 Å². The smallest absolute Gasteiger partial charge is 0.264 e. The fourth-order valence-electron chi connectivity index (χ4n) is 6.92. The molecule has 0 amide bonds. The highest BCUT2D eigenvalue weighted by atomic mass is 32.2. The second-order valence-electron chi connectivity index (χ2n) is 13.1. The third-order valence-electron chi connectivity index (χ3n) is 9.51. The molecule has 0 aliphatic carbocycles. The summed E-state index contributed by atoms with van der Waals surface area (Å²) in [5.41, 5.74) is 4.40. The number of benzene rings is 4. The second kappa shape index (κ2) is 17.4. The number of nitrogens with zero attached hydrogens (tertiary/aromatic N) is 2. The quantitative estimate of drug-likeness (QED) is 0.135. The normalized spacial score (nSPS) is 22.3. The first-order chi connectivity index (χ1) is 23.9. The van der Waals surface area contributed by atoms with E-state index in [1.165, 1.54) is 5.69 Å². The van der Waals surface area contributed by atoms with Crippen LogP contribution in [-0.2, 0) is 48.3 Å². The Labute approximate surface area is 291 Å². The highest BCUT2D eigenvalue weighted by Crippen LogP contribution is 2.32. The van der Waals surface area contributed by atoms with E-state index in [0.717, 1.165) is 55.4 Å². The predicted molar refractivity (Wildman–Crippen MR) is 193 cm³/mol. The van der Waals surface area contributed by atoms with Crippen LogP contribution in [0.1, 0.15) is 29.5 Å². The van der Waals surface area contributed by atoms with Crippen molar-refractivity contribution >= 4 is 15.8 Å². The van der Waals surface area contributed by atoms with Crippen LogP contribution in [0.2, 0.25) is 0 Å². The summed E-state index contributed by atoms with van der Waals surface area (Å²) in [6.07, 6.45) is 1.84. The fraction of sp³-hybridized carbons (Fsp3) is 0.400. The standard InChI is InChI=1S/C40H48N2O6S/c1-49(43,44)48-31-37-39(46-29-34-16-8-3-9-17-34)40(47-30-35-18-10-4-11-19-35)38(45-28-33-14-6-2-7-15-33)27-42(37)26-32-22-24-41(25-23-32)36-20-12-5-13-21-36/h2-21,32,37-40H,22-31H2,1H3/t37-,38+,39-,40-/m1/s1. The molecular formula is C40H48N2O6S. The molecule has 0 bridgehead atoms. The summed E-state index contributed by atoms with van der Waals surface area (Å²) in [5, 5.41) is 0. The van der Waals surface area contributed by atoms with Gasteiger partial charge in [0.1, 0.15) is 12.2 Å². The van der Waals surface area contributed by atoms with Gasteiger partial charge in [-0.25, -0.2) is 0 Å². The highest BCUT2D eigenvalue weighted by Gasteiger charge is 2.47. The largest absolute Gasteiger partial charge is 0.372 e. The van der Waals surface area contributed by atoms with Gasteiger partial charge in [-0.1, -0.05) is 109 Å². The molecule has 0 radical (unpaired) electrons. The van der Waals surface area contributed by atoms with Crippen LogP contribution in [0.3, 0.4) is 0 Å². The number of likely N-dealkylation sites (tertiary alicyclic amines) is 1. The van der Waals surface area contributed by atoms with Crippen molar-refractivity contribution in [3.05, 3.63) is 138 Å². The van der Waals surface area contributed by atoms with Crippen molar-refractivity contribution in [2.24, 2.45) is 5.92 Å². The van der Waals surface area contributed by atoms with Crippen LogP contribution in [-0.4, -0.2) is 76.7 Å². The van der Waals surface area contributed by atoms with Crippen molar-refractivity contribution in [1.82, 2.24) is 4.90 Å². The monoisotopic (exact) mass is 684 g/mol. The van der Waals surface area contributed by atoms with Crippen molar-refractivity contribution in [2.45, 2.75) is 57.0 Å². The summed E-state index contributed by atoms with van der Waals surface area (Å²) in [5.74, 6) is 0.423. The highest BCUT2D eigenvalue weighted by molar-refractivity contribution is 7.85. The minimum atomic E-state index is -3.70. The summed E-state index contributed by atoms with van der Waals surface area (Å²) in [6.45, 7) is 4.40. The van der Waals surface area contributed by atoms with Crippen LogP contribution in [0.25, 0.3) is 0 Å². The molecule has 0 aromatic heterocycles. The maximum Gasteiger partial charge on any atom is 0.264 e. The van der Waals surface area contributed by atoms with E-state index in [4.69, 9.17) is 18.4 Å². The van der Waals surface area contributed by atoms with Crippen LogP contribution in [0, 0.1) is 5.92 Å². The minimum Gasteiger partial charge on any atom is -0.372 e. The molecule has 260 valence electrons. The molecule has 2 fully saturated rings. The Morgan fingerprint density at radius 2 is 1.10 bits per heavy atom. The molecule has 6 rings (SSSR count). The van der Waals surface area contributed by atoms with Crippen molar-refractivity contribution in [2.75, 3.05) is 43.9 Å². The van der Waals surface area contributed by atoms with Gasteiger partial charge in [-0.2, -0.15) is 8.42 Å². The zero-order chi connectivity index (χ0) is 33.9. The van der Waals surface area contributed by atoms with Gasteiger partial charge in [0, 0.05) is 31.9 Å². The van der Waals surface area contributed by atoms with Gasteiger partial charge in [0.25, 0.3) is 10.1 Å². The molecule has 0 spiro atoms. The van der Waals surface area contributed by atoms with E-state index < -0.39 is 22.3 Å². The molecule has 2 heterocycles. The Bertz CT molecular complexity index is 1640. The molecule has 4 aromatic carbocycles. The van der Waals surface area contributed by atoms with Crippen molar-refractivity contribution in [1.29, 1.82) is 0 Å². The second-order valence-corrected chi connectivity index (χ2v) is 14.8. The van der Waals surface area contributed by atoms with Crippen molar-refractivity contribution in [3.63, 3.8) is 0 Å². The molecular weight excluding hydrogens is 637 g/mol. The number of piperidine rings is 2. The summed E-state index contributed by atoms with van der Waals surface area (Å²) in [6, 6.07) is 40.5. The Morgan fingerprint density at radius 1 is 0.633 bits per heavy atom. The van der Waals surface area contributed by atoms with Crippen LogP contribution in [0.4, 0.5) is 5.69 Å². The van der Waals surface area contributed by atoms with Gasteiger partial charge < -0.3 is 19.1 Å². The van der Waals surface area contributed by atoms with Crippen molar-refractivity contribution in [3.8, 4) is 0 Å². The molecule has 4 aromatic rings. The summed E-state index contributed by atoms with van der Waals surface area (Å²) in [4.78, 5) is 4.80. The van der Waals surface area contributed by atoms with E-state index in [9.17, 15) is 8.42 Å². The zero-order valence-corrected chi connectivity index (χ0v) is 29.1. The van der Waals surface area contributed by atoms with E-state index in [1.54, 1.807) is 0 Å². The molecule has 0 unspecified atom stereocenters. The first kappa shape index (κ1) is 35.3. The van der Waals surface area contributed by atoms with Gasteiger partial charge in [-0.15, -0.1) is 0 Å². The van der Waals surface area contributed by atoms with E-state index >= 15 is 0 Å². The maximum atomic E-state index is 12.4. The third kappa shape index (κ3) is 10.5. The molecule has 9 heteroatoms. The van der Waals surface area contributed by atoms with Gasteiger partial charge >= 0.3 is 0 Å². The Kier molecular flexibility index (Phi) is 12.5. The Balaban J connectivity index is 1.28. The zero-order valence-electron chi connectivity index (χ0n) is 28.3. The van der Waals surface area contributed by atoms with Gasteiger partial charge in [0.15, 0.2) is 0 Å². The number of ether oxygens (including phenoxy) is 3. The van der Waals surface area contributed by atoms with E-state index in [2.05, 4.69) is 52.3 Å². The SMILES string of the molecule is CS(=O)(=O)OC[C@@H]1[C@@H](OCc2ccccc2)[C@H](OCc2ccccc2)[C@@H](OCc2ccccc2)CN1CC1CCN(c2ccccc2)CC1. The number of hydrogen-bond donors (Lipinski definition) is 0. The first-order valence-corrected chi connectivity index (χ1v) is 19.1. The molecule has 4 atom stereocenters. The molecule has 0 saturated carbocycles. The van der Waals surface area contributed by atoms with Crippen molar-refractivity contribution < 1.29 is 26.8 Å². The molecule has 2 saturated heterocycles. The van der Waals surface area contributed by atoms with Crippen LogP contribution in [0.5, 0.6) is 0 Å². The van der Waals surface area contributed by atoms with Gasteiger partial charge in [0.05, 0.1) is 44.8 Å². The molecule has 0 N–H and O–H groups in total. The Morgan fingerprint density at radius 3 is 1.61 bits per heavy atom. The summed E-state index contributed by atoms with van der Waals surface area (Å²) in [7, 11) is -3.70. The number of anilines is 1. The average molecular weight is 685 g/mol. The van der Waals surface area contributed by atoms with Crippen LogP contribution >= 0.6 is 0 Å². The lowest BCUT2D eigenvalue weighted by Crippen LogP contribution is -2.65. The number of hydrogen-bond acceptors (Lipinski definition) is 8. The average Bonchev–Trinajstić information content (AvgIpc) is 3.13. The van der Waals surface area contributed by atoms with Crippen LogP contribution < -0.4 is 4.90 Å². The minimum absolute atomic E-state index is 0.0300. The number of rotatable bonds is 15. The van der Waals surface area contributed by atoms with E-state index in [0.29, 0.717) is 32.3 Å². The Hall–Kier alpha value is -3.57. The molecule has 2 aliphatic heterocycles. The summed E-state index contributed by atoms with van der Waals surface area (Å²) >= 11 is 0. The van der Waals surface area contributed by atoms with Gasteiger partial charge in [-0.3, -0.25) is 9.08 Å². The van der Waals surface area contributed by atoms with E-state index in [-0.39, 0.29) is 18.8 Å². The molecule has 8 nitrogen and oxygen atoms in total. The first-order valence-electron chi connectivity index (χ1n) is 17.3. The summed E-state index contributed by atoms with van der Waals surface area (Å²) < 4.78 is 50.6. The van der Waals surface area contributed by atoms with Gasteiger partial charge in [-0.05, 0) is 47.6 Å². The molecule has 2 aliphatic rings. The molecule has 49 heavy (non-hydrogen) atoms. The fourth-order valence-corrected chi connectivity index (χ4v) is 7.31. The predicted octanol–water partition coefficient (Wildman–Crippen LogP) is 6.32. The lowest BCUT2D eigenvalue weighted by atomic mass is 9.89. The lowest BCUT2D eigenvalue weighted by molar-refractivity contribution is -0.208. The van der Waals surface area contributed by atoms with E-state index in [1.807, 2.05) is 78.9 Å².